The second-order valence-corrected chi connectivity index (χ2v) is 11.9. The number of likely N-dealkylation sites (tertiary alicyclic amines) is 1. The van der Waals surface area contributed by atoms with Crippen molar-refractivity contribution in [3.05, 3.63) is 48.3 Å². The summed E-state index contributed by atoms with van der Waals surface area (Å²) in [5.41, 5.74) is 4.31. The quantitative estimate of drug-likeness (QED) is 0.381. The van der Waals surface area contributed by atoms with Crippen LogP contribution in [0.25, 0.3) is 22.3 Å². The summed E-state index contributed by atoms with van der Waals surface area (Å²) >= 11 is 0. The number of morpholine rings is 1. The Morgan fingerprint density at radius 2 is 1.82 bits per heavy atom. The van der Waals surface area contributed by atoms with Gasteiger partial charge in [-0.15, -0.1) is 0 Å². The molecular weight excluding hydrogens is 538 g/mol. The number of hydrogen-bond donors (Lipinski definition) is 0. The topological polar surface area (TPSA) is 107 Å². The summed E-state index contributed by atoms with van der Waals surface area (Å²) in [5, 5.41) is 0. The maximum Gasteiger partial charge on any atom is 0.242 e. The van der Waals surface area contributed by atoms with Crippen LogP contribution in [0.2, 0.25) is 0 Å². The fourth-order valence-electron chi connectivity index (χ4n) is 5.09. The monoisotopic (exact) mass is 575 g/mol. The SMILES string of the molecule is COCCN1CCC(c2ccc(-c3cc4nccnc4c(OC[C@@H]4CN(S(C)(=O)=O)CCO4)n3)cc2)CC1.S. The van der Waals surface area contributed by atoms with E-state index < -0.39 is 16.1 Å². The van der Waals surface area contributed by atoms with Gasteiger partial charge in [0.1, 0.15) is 12.7 Å². The van der Waals surface area contributed by atoms with Crippen molar-refractivity contribution in [2.75, 3.05) is 65.9 Å². The molecule has 2 aliphatic rings. The van der Waals surface area contributed by atoms with Crippen molar-refractivity contribution in [3.8, 4) is 17.1 Å². The van der Waals surface area contributed by atoms with Gasteiger partial charge < -0.3 is 19.1 Å². The van der Waals surface area contributed by atoms with E-state index in [9.17, 15) is 8.42 Å². The van der Waals surface area contributed by atoms with Crippen molar-refractivity contribution >= 4 is 34.6 Å². The Balaban J connectivity index is 0.00000353. The number of fused-ring (bicyclic) bond motifs is 1. The third-order valence-corrected chi connectivity index (χ3v) is 8.55. The van der Waals surface area contributed by atoms with Crippen molar-refractivity contribution < 1.29 is 22.6 Å². The van der Waals surface area contributed by atoms with Gasteiger partial charge in [0.25, 0.3) is 0 Å². The van der Waals surface area contributed by atoms with Crippen LogP contribution in [0.1, 0.15) is 24.3 Å². The number of ether oxygens (including phenoxy) is 3. The molecule has 0 spiro atoms. The lowest BCUT2D eigenvalue weighted by molar-refractivity contribution is -0.0252. The molecule has 0 N–H and O–H groups in total. The minimum Gasteiger partial charge on any atom is -0.473 e. The first-order valence-electron chi connectivity index (χ1n) is 13.0. The van der Waals surface area contributed by atoms with E-state index in [0.717, 1.165) is 50.3 Å². The Labute approximate surface area is 237 Å². The molecule has 212 valence electrons. The van der Waals surface area contributed by atoms with Gasteiger partial charge in [0.2, 0.25) is 15.9 Å². The first kappa shape index (κ1) is 29.6. The van der Waals surface area contributed by atoms with E-state index in [0.29, 0.717) is 36.0 Å². The van der Waals surface area contributed by atoms with E-state index in [4.69, 9.17) is 19.2 Å². The Morgan fingerprint density at radius 1 is 1.08 bits per heavy atom. The van der Waals surface area contributed by atoms with Gasteiger partial charge in [-0.05, 0) is 43.5 Å². The van der Waals surface area contributed by atoms with Gasteiger partial charge in [0.05, 0.1) is 30.7 Å². The highest BCUT2D eigenvalue weighted by Gasteiger charge is 2.27. The summed E-state index contributed by atoms with van der Waals surface area (Å²) in [5.74, 6) is 0.914. The van der Waals surface area contributed by atoms with Gasteiger partial charge in [-0.3, -0.25) is 4.98 Å². The summed E-state index contributed by atoms with van der Waals surface area (Å²) in [6.07, 6.45) is 6.36. The molecule has 3 aromatic rings. The van der Waals surface area contributed by atoms with Gasteiger partial charge >= 0.3 is 0 Å². The highest BCUT2D eigenvalue weighted by Crippen LogP contribution is 2.31. The summed E-state index contributed by atoms with van der Waals surface area (Å²) in [6, 6.07) is 10.5. The standard InChI is InChI=1S/C27H35N5O5S.H2S/c1-35-15-13-31-11-7-21(8-12-31)20-3-5-22(6-4-20)24-17-25-26(29-10-9-28-25)27(30-24)37-19-23-18-32(14-16-36-23)38(2,33)34;/h3-6,9-10,17,21,23H,7-8,11-16,18-19H2,1-2H3;1H2/t23-;/m0./s1. The Bertz CT molecular complexity index is 1330. The van der Waals surface area contributed by atoms with Crippen molar-refractivity contribution in [2.45, 2.75) is 24.9 Å². The van der Waals surface area contributed by atoms with E-state index in [2.05, 4.69) is 39.1 Å². The first-order chi connectivity index (χ1) is 18.4. The van der Waals surface area contributed by atoms with Crippen molar-refractivity contribution in [1.82, 2.24) is 24.2 Å². The molecule has 0 aliphatic carbocycles. The van der Waals surface area contributed by atoms with Crippen molar-refractivity contribution in [2.24, 2.45) is 0 Å². The molecule has 0 bridgehead atoms. The molecule has 2 aliphatic heterocycles. The molecule has 12 heteroatoms. The zero-order valence-corrected chi connectivity index (χ0v) is 24.3. The number of benzene rings is 1. The normalized spacial score (nSPS) is 19.6. The molecule has 1 atom stereocenters. The van der Waals surface area contributed by atoms with E-state index in [1.165, 1.54) is 16.1 Å². The van der Waals surface area contributed by atoms with Crippen molar-refractivity contribution in [1.29, 1.82) is 0 Å². The molecule has 2 saturated heterocycles. The Hall–Kier alpha value is -2.35. The Morgan fingerprint density at radius 3 is 2.54 bits per heavy atom. The fourth-order valence-corrected chi connectivity index (χ4v) is 5.94. The molecule has 0 saturated carbocycles. The number of nitrogens with zero attached hydrogens (tertiary/aromatic N) is 5. The lowest BCUT2D eigenvalue weighted by atomic mass is 9.89. The van der Waals surface area contributed by atoms with Crippen molar-refractivity contribution in [3.63, 3.8) is 0 Å². The zero-order chi connectivity index (χ0) is 26.5. The number of sulfonamides is 1. The first-order valence-corrected chi connectivity index (χ1v) is 14.9. The second-order valence-electron chi connectivity index (χ2n) is 9.89. The van der Waals surface area contributed by atoms with Gasteiger partial charge in [0, 0.05) is 44.7 Å². The summed E-state index contributed by atoms with van der Waals surface area (Å²) in [4.78, 5) is 16.1. The van der Waals surface area contributed by atoms with Gasteiger partial charge in [-0.1, -0.05) is 24.3 Å². The molecule has 2 aromatic heterocycles. The second kappa shape index (κ2) is 13.3. The molecule has 0 radical (unpaired) electrons. The van der Waals surface area contributed by atoms with Crippen LogP contribution in [0.3, 0.4) is 0 Å². The number of hydrogen-bond acceptors (Lipinski definition) is 9. The maximum atomic E-state index is 12.0. The average molecular weight is 576 g/mol. The number of piperidine rings is 1. The van der Waals surface area contributed by atoms with Crippen LogP contribution in [0.5, 0.6) is 5.88 Å². The number of rotatable bonds is 9. The lowest BCUT2D eigenvalue weighted by Crippen LogP contribution is -2.47. The van der Waals surface area contributed by atoms with Gasteiger partial charge in [-0.2, -0.15) is 17.8 Å². The molecule has 0 amide bonds. The molecule has 1 aromatic carbocycles. The summed E-state index contributed by atoms with van der Waals surface area (Å²) in [7, 11) is -1.54. The van der Waals surface area contributed by atoms with E-state index >= 15 is 0 Å². The fraction of sp³-hybridized carbons (Fsp3) is 0.519. The summed E-state index contributed by atoms with van der Waals surface area (Å²) in [6.45, 7) is 5.04. The summed E-state index contributed by atoms with van der Waals surface area (Å²) < 4.78 is 42.3. The third-order valence-electron chi connectivity index (χ3n) is 7.28. The molecule has 2 fully saturated rings. The van der Waals surface area contributed by atoms with Crippen LogP contribution < -0.4 is 4.74 Å². The third kappa shape index (κ3) is 7.44. The van der Waals surface area contributed by atoms with Gasteiger partial charge in [0.15, 0.2) is 5.52 Å². The average Bonchev–Trinajstić information content (AvgIpc) is 2.95. The van der Waals surface area contributed by atoms with Crippen LogP contribution in [-0.2, 0) is 19.5 Å². The minimum absolute atomic E-state index is 0. The van der Waals surface area contributed by atoms with E-state index in [-0.39, 0.29) is 26.6 Å². The van der Waals surface area contributed by atoms with Crippen LogP contribution in [0, 0.1) is 0 Å². The van der Waals surface area contributed by atoms with Crippen LogP contribution in [0.4, 0.5) is 0 Å². The number of pyridine rings is 1. The van der Waals surface area contributed by atoms with Crippen LogP contribution in [0.15, 0.2) is 42.7 Å². The molecule has 4 heterocycles. The molecule has 10 nitrogen and oxygen atoms in total. The highest BCUT2D eigenvalue weighted by molar-refractivity contribution is 7.88. The number of methoxy groups -OCH3 is 1. The predicted octanol–water partition coefficient (Wildman–Crippen LogP) is 2.67. The maximum absolute atomic E-state index is 12.0. The van der Waals surface area contributed by atoms with E-state index in [1.807, 2.05) is 6.07 Å². The zero-order valence-electron chi connectivity index (χ0n) is 22.5. The molecule has 39 heavy (non-hydrogen) atoms. The lowest BCUT2D eigenvalue weighted by Gasteiger charge is -2.32. The molecular formula is C27H37N5O5S2. The molecule has 5 rings (SSSR count). The van der Waals surface area contributed by atoms with Crippen LogP contribution in [-0.4, -0.2) is 105 Å². The smallest absolute Gasteiger partial charge is 0.242 e. The molecule has 0 unspecified atom stereocenters. The Kier molecular flexibility index (Phi) is 10.1. The van der Waals surface area contributed by atoms with Crippen LogP contribution >= 0.6 is 13.5 Å². The predicted molar refractivity (Wildman–Crippen MR) is 155 cm³/mol. The number of aromatic nitrogens is 3. The highest BCUT2D eigenvalue weighted by atomic mass is 32.2. The minimum atomic E-state index is -3.29. The largest absolute Gasteiger partial charge is 0.473 e. The van der Waals surface area contributed by atoms with E-state index in [1.54, 1.807) is 19.5 Å². The van der Waals surface area contributed by atoms with Gasteiger partial charge in [-0.25, -0.2) is 18.4 Å².